The minimum absolute atomic E-state index is 0.00761. The first-order valence-electron chi connectivity index (χ1n) is 6.98. The number of carbonyl (C=O) groups excluding carboxylic acids is 2. The zero-order valence-electron chi connectivity index (χ0n) is 11.3. The normalized spacial score (nSPS) is 23.1. The molecule has 0 N–H and O–H groups in total. The summed E-state index contributed by atoms with van der Waals surface area (Å²) in [6, 6.07) is 3.76. The van der Waals surface area contributed by atoms with Crippen molar-refractivity contribution in [2.45, 2.75) is 24.6 Å². The van der Waals surface area contributed by atoms with Crippen LogP contribution in [0.1, 0.15) is 30.4 Å². The first-order valence-corrected chi connectivity index (χ1v) is 8.03. The summed E-state index contributed by atoms with van der Waals surface area (Å²) in [5.74, 6) is 1.74. The van der Waals surface area contributed by atoms with Crippen molar-refractivity contribution in [2.75, 3.05) is 25.4 Å². The number of hydrogen-bond donors (Lipinski definition) is 0. The molecule has 0 aliphatic carbocycles. The second-order valence-electron chi connectivity index (χ2n) is 5.10. The molecular weight excluding hydrogens is 276 g/mol. The molecule has 0 spiro atoms. The Morgan fingerprint density at radius 2 is 2.20 bits per heavy atom. The predicted molar refractivity (Wildman–Crippen MR) is 76.1 cm³/mol. The zero-order valence-corrected chi connectivity index (χ0v) is 12.1. The van der Waals surface area contributed by atoms with E-state index in [1.807, 2.05) is 21.9 Å². The Balaban J connectivity index is 1.55. The van der Waals surface area contributed by atoms with Gasteiger partial charge in [-0.25, -0.2) is 0 Å². The maximum Gasteiger partial charge on any atom is 0.233 e. The van der Waals surface area contributed by atoms with Crippen LogP contribution in [0.25, 0.3) is 0 Å². The lowest BCUT2D eigenvalue weighted by Gasteiger charge is -2.23. The Morgan fingerprint density at radius 3 is 2.90 bits per heavy atom. The van der Waals surface area contributed by atoms with Gasteiger partial charge in [0, 0.05) is 26.1 Å². The molecule has 0 bridgehead atoms. The Kier molecular flexibility index (Phi) is 4.00. The molecule has 0 aromatic carbocycles. The highest BCUT2D eigenvalue weighted by Gasteiger charge is 2.34. The van der Waals surface area contributed by atoms with Crippen LogP contribution in [0.15, 0.2) is 22.8 Å². The molecule has 2 fully saturated rings. The quantitative estimate of drug-likeness (QED) is 0.832. The van der Waals surface area contributed by atoms with Gasteiger partial charge in [0.25, 0.3) is 0 Å². The maximum absolute atomic E-state index is 12.0. The molecular formula is C14H18N2O3S. The molecule has 0 saturated carbocycles. The number of carbonyl (C=O) groups is 2. The lowest BCUT2D eigenvalue weighted by atomic mass is 10.3. The molecule has 2 aliphatic heterocycles. The summed E-state index contributed by atoms with van der Waals surface area (Å²) in [5, 5.41) is -0.00761. The van der Waals surface area contributed by atoms with Crippen LogP contribution < -0.4 is 0 Å². The van der Waals surface area contributed by atoms with E-state index in [9.17, 15) is 9.59 Å². The maximum atomic E-state index is 12.0. The van der Waals surface area contributed by atoms with E-state index in [4.69, 9.17) is 4.42 Å². The second kappa shape index (κ2) is 5.91. The van der Waals surface area contributed by atoms with Gasteiger partial charge in [-0.05, 0) is 25.0 Å². The van der Waals surface area contributed by atoms with Gasteiger partial charge in [-0.1, -0.05) is 0 Å². The summed E-state index contributed by atoms with van der Waals surface area (Å²) >= 11 is 1.60. The van der Waals surface area contributed by atoms with Crippen LogP contribution in [-0.2, 0) is 9.59 Å². The molecule has 5 nitrogen and oxygen atoms in total. The van der Waals surface area contributed by atoms with E-state index in [1.165, 1.54) is 0 Å². The van der Waals surface area contributed by atoms with E-state index in [-0.39, 0.29) is 17.2 Å². The summed E-state index contributed by atoms with van der Waals surface area (Å²) in [5.41, 5.74) is 0. The van der Waals surface area contributed by atoms with E-state index in [0.29, 0.717) is 18.7 Å². The van der Waals surface area contributed by atoms with Gasteiger partial charge in [-0.3, -0.25) is 9.59 Å². The van der Waals surface area contributed by atoms with Crippen LogP contribution in [-0.4, -0.2) is 47.0 Å². The molecule has 3 rings (SSSR count). The van der Waals surface area contributed by atoms with Crippen LogP contribution in [0.2, 0.25) is 0 Å². The minimum Gasteiger partial charge on any atom is -0.466 e. The molecule has 0 radical (unpaired) electrons. The molecule has 20 heavy (non-hydrogen) atoms. The molecule has 1 unspecified atom stereocenters. The Bertz CT molecular complexity index is 489. The average Bonchev–Trinajstić information content (AvgIpc) is 3.14. The Labute approximate surface area is 122 Å². The summed E-state index contributed by atoms with van der Waals surface area (Å²) in [7, 11) is 0. The van der Waals surface area contributed by atoms with Gasteiger partial charge in [-0.15, -0.1) is 11.8 Å². The van der Waals surface area contributed by atoms with E-state index >= 15 is 0 Å². The first-order chi connectivity index (χ1) is 9.75. The van der Waals surface area contributed by atoms with Crippen molar-refractivity contribution in [2.24, 2.45) is 0 Å². The highest BCUT2D eigenvalue weighted by Crippen LogP contribution is 2.38. The monoisotopic (exact) mass is 294 g/mol. The van der Waals surface area contributed by atoms with Gasteiger partial charge in [0.2, 0.25) is 11.8 Å². The molecule has 2 amide bonds. The second-order valence-corrected chi connectivity index (χ2v) is 6.17. The minimum atomic E-state index is -0.00761. The topological polar surface area (TPSA) is 53.8 Å². The number of furan rings is 1. The summed E-state index contributed by atoms with van der Waals surface area (Å²) in [6.07, 6.45) is 4.11. The molecule has 2 saturated heterocycles. The fraction of sp³-hybridized carbons (Fsp3) is 0.571. The van der Waals surface area contributed by atoms with Gasteiger partial charge in [0.15, 0.2) is 0 Å². The Hall–Kier alpha value is -1.43. The van der Waals surface area contributed by atoms with Crippen LogP contribution >= 0.6 is 11.8 Å². The molecule has 2 aliphatic rings. The van der Waals surface area contributed by atoms with E-state index in [1.54, 1.807) is 18.0 Å². The van der Waals surface area contributed by atoms with Crippen molar-refractivity contribution in [3.8, 4) is 0 Å². The Morgan fingerprint density at radius 1 is 1.30 bits per heavy atom. The smallest absolute Gasteiger partial charge is 0.233 e. The van der Waals surface area contributed by atoms with E-state index < -0.39 is 0 Å². The number of likely N-dealkylation sites (tertiary alicyclic amines) is 1. The zero-order chi connectivity index (χ0) is 13.9. The average molecular weight is 294 g/mol. The molecule has 1 aromatic heterocycles. The third-order valence-electron chi connectivity index (χ3n) is 3.75. The number of thioether (sulfide) groups is 1. The number of hydrogen-bond acceptors (Lipinski definition) is 4. The van der Waals surface area contributed by atoms with Crippen LogP contribution in [0, 0.1) is 0 Å². The summed E-state index contributed by atoms with van der Waals surface area (Å²) in [4.78, 5) is 27.3. The van der Waals surface area contributed by atoms with Crippen LogP contribution in [0.4, 0.5) is 0 Å². The largest absolute Gasteiger partial charge is 0.466 e. The third-order valence-corrected chi connectivity index (χ3v) is 4.97. The molecule has 1 aromatic rings. The molecule has 6 heteroatoms. The van der Waals surface area contributed by atoms with Crippen molar-refractivity contribution in [1.29, 1.82) is 0 Å². The highest BCUT2D eigenvalue weighted by molar-refractivity contribution is 8.00. The van der Waals surface area contributed by atoms with Gasteiger partial charge >= 0.3 is 0 Å². The van der Waals surface area contributed by atoms with Gasteiger partial charge in [-0.2, -0.15) is 0 Å². The van der Waals surface area contributed by atoms with Gasteiger partial charge < -0.3 is 14.2 Å². The number of nitrogens with zero attached hydrogens (tertiary/aromatic N) is 2. The van der Waals surface area contributed by atoms with E-state index in [0.717, 1.165) is 31.7 Å². The van der Waals surface area contributed by atoms with Crippen molar-refractivity contribution in [3.05, 3.63) is 24.2 Å². The first kappa shape index (κ1) is 13.5. The van der Waals surface area contributed by atoms with Gasteiger partial charge in [0.05, 0.1) is 12.0 Å². The number of rotatable bonds is 5. The highest BCUT2D eigenvalue weighted by atomic mass is 32.2. The molecule has 1 atom stereocenters. The fourth-order valence-corrected chi connectivity index (χ4v) is 3.90. The van der Waals surface area contributed by atoms with Crippen molar-refractivity contribution in [3.63, 3.8) is 0 Å². The lowest BCUT2D eigenvalue weighted by Crippen LogP contribution is -2.33. The molecule has 3 heterocycles. The lowest BCUT2D eigenvalue weighted by molar-refractivity contribution is -0.128. The summed E-state index contributed by atoms with van der Waals surface area (Å²) < 4.78 is 5.41. The van der Waals surface area contributed by atoms with Crippen molar-refractivity contribution in [1.82, 2.24) is 9.80 Å². The van der Waals surface area contributed by atoms with Crippen molar-refractivity contribution >= 4 is 23.6 Å². The van der Waals surface area contributed by atoms with E-state index in [2.05, 4.69) is 0 Å². The fourth-order valence-electron chi connectivity index (χ4n) is 2.74. The third kappa shape index (κ3) is 2.70. The summed E-state index contributed by atoms with van der Waals surface area (Å²) in [6.45, 7) is 2.29. The van der Waals surface area contributed by atoms with Crippen molar-refractivity contribution < 1.29 is 14.0 Å². The number of amides is 2. The standard InChI is InChI=1S/C14H18N2O3S/c17-12-5-1-6-15(12)7-3-8-16-13(18)10-20-14(16)11-4-2-9-19-11/h2,4,9,14H,1,3,5-8,10H2. The van der Waals surface area contributed by atoms with Crippen LogP contribution in [0.3, 0.4) is 0 Å². The molecule has 108 valence electrons. The van der Waals surface area contributed by atoms with Crippen LogP contribution in [0.5, 0.6) is 0 Å². The SMILES string of the molecule is O=C1CCCN1CCCN1C(=O)CSC1c1ccco1. The predicted octanol–water partition coefficient (Wildman–Crippen LogP) is 1.87. The van der Waals surface area contributed by atoms with Gasteiger partial charge in [0.1, 0.15) is 11.1 Å².